The van der Waals surface area contributed by atoms with E-state index in [0.717, 1.165) is 49.8 Å². The highest BCUT2D eigenvalue weighted by atomic mass is 31.2. The molecule has 5 rings (SSSR count). The van der Waals surface area contributed by atoms with Crippen molar-refractivity contribution in [3.8, 4) is 5.88 Å². The van der Waals surface area contributed by atoms with E-state index in [4.69, 9.17) is 15.5 Å². The number of nitrogens with zero attached hydrogens (tertiary/aromatic N) is 3. The number of nitrogen functional groups attached to an aromatic ring is 1. The van der Waals surface area contributed by atoms with Gasteiger partial charge in [0, 0.05) is 17.4 Å². The predicted molar refractivity (Wildman–Crippen MR) is 126 cm³/mol. The zero-order valence-electron chi connectivity index (χ0n) is 18.7. The molecule has 2 fully saturated rings. The van der Waals surface area contributed by atoms with Crippen LogP contribution in [0.2, 0.25) is 0 Å². The fourth-order valence-corrected chi connectivity index (χ4v) is 7.45. The number of anilines is 1. The molecule has 0 spiro atoms. The maximum atomic E-state index is 12.5. The molecule has 2 aromatic rings. The Morgan fingerprint density at radius 3 is 2.44 bits per heavy atom. The van der Waals surface area contributed by atoms with Crippen LogP contribution in [0.5, 0.6) is 5.88 Å². The first-order valence-electron chi connectivity index (χ1n) is 11.5. The summed E-state index contributed by atoms with van der Waals surface area (Å²) in [5, 5.41) is 0. The minimum atomic E-state index is -2.92. The quantitative estimate of drug-likeness (QED) is 0.611. The van der Waals surface area contributed by atoms with E-state index in [-0.39, 0.29) is 5.66 Å². The molecular formula is C24H31N4O3P. The highest BCUT2D eigenvalue weighted by Crippen LogP contribution is 2.59. The summed E-state index contributed by atoms with van der Waals surface area (Å²) in [5.74, 6) is 1.62. The van der Waals surface area contributed by atoms with E-state index in [9.17, 15) is 9.46 Å². The molecule has 1 aromatic heterocycles. The second-order valence-corrected chi connectivity index (χ2v) is 12.6. The van der Waals surface area contributed by atoms with Crippen LogP contribution in [0.1, 0.15) is 69.4 Å². The molecule has 1 atom stereocenters. The van der Waals surface area contributed by atoms with Gasteiger partial charge in [0.25, 0.3) is 0 Å². The Hall–Kier alpha value is -2.24. The molecule has 3 aliphatic rings. The highest BCUT2D eigenvalue weighted by molar-refractivity contribution is 7.59. The number of hydrogen-bond acceptors (Lipinski definition) is 6. The van der Waals surface area contributed by atoms with Crippen molar-refractivity contribution in [2.75, 3.05) is 11.9 Å². The molecule has 1 aromatic carbocycles. The van der Waals surface area contributed by atoms with Crippen LogP contribution in [0.3, 0.4) is 0 Å². The lowest BCUT2D eigenvalue weighted by atomic mass is 9.79. The van der Waals surface area contributed by atoms with Crippen LogP contribution in [0.15, 0.2) is 35.6 Å². The molecule has 2 saturated carbocycles. The van der Waals surface area contributed by atoms with E-state index in [1.807, 2.05) is 13.8 Å². The number of ether oxygens (including phenoxy) is 1. The topological polar surface area (TPSA) is 111 Å². The highest BCUT2D eigenvalue weighted by Gasteiger charge is 2.41. The molecule has 1 unspecified atom stereocenters. The predicted octanol–water partition coefficient (Wildman–Crippen LogP) is 5.06. The number of nitrogens with two attached hydrogens (primary N) is 1. The second kappa shape index (κ2) is 7.96. The Balaban J connectivity index is 1.29. The van der Waals surface area contributed by atoms with Gasteiger partial charge in [0.05, 0.1) is 5.71 Å². The zero-order valence-corrected chi connectivity index (χ0v) is 19.6. The standard InChI is InChI=1S/C24H31N4O3P/c1-24(2)21(28-20-22(25)26-14-27-23(20)31-24)18-9-7-17(8-10-18)16-5-3-15(4-6-16)13-32(29,30)19-11-12-19/h7-10,14-16,19H,3-6,11-13H2,1-2H3,(H,29,30)(H2,25,26,27). The zero-order chi connectivity index (χ0) is 22.5. The molecule has 1 aliphatic heterocycles. The van der Waals surface area contributed by atoms with E-state index in [2.05, 4.69) is 34.2 Å². The van der Waals surface area contributed by atoms with Gasteiger partial charge in [-0.3, -0.25) is 4.57 Å². The van der Waals surface area contributed by atoms with Crippen LogP contribution in [-0.4, -0.2) is 38.0 Å². The molecule has 7 nitrogen and oxygen atoms in total. The maximum Gasteiger partial charge on any atom is 0.246 e. The molecule has 0 amide bonds. The van der Waals surface area contributed by atoms with Gasteiger partial charge in [-0.15, -0.1) is 0 Å². The molecule has 170 valence electrons. The van der Waals surface area contributed by atoms with Crippen molar-refractivity contribution >= 4 is 24.6 Å². The Kier molecular flexibility index (Phi) is 5.37. The van der Waals surface area contributed by atoms with Gasteiger partial charge in [-0.05, 0) is 69.8 Å². The van der Waals surface area contributed by atoms with Gasteiger partial charge in [0.1, 0.15) is 11.9 Å². The van der Waals surface area contributed by atoms with Crippen LogP contribution in [0.4, 0.5) is 11.5 Å². The molecule has 0 radical (unpaired) electrons. The first-order chi connectivity index (χ1) is 15.2. The van der Waals surface area contributed by atoms with Gasteiger partial charge < -0.3 is 15.4 Å². The van der Waals surface area contributed by atoms with Crippen molar-refractivity contribution < 1.29 is 14.2 Å². The minimum Gasteiger partial charge on any atom is -0.463 e. The molecule has 8 heteroatoms. The monoisotopic (exact) mass is 454 g/mol. The average molecular weight is 455 g/mol. The Labute approximate surface area is 189 Å². The van der Waals surface area contributed by atoms with Gasteiger partial charge in [0.2, 0.25) is 13.2 Å². The normalized spacial score (nSPS) is 26.4. The van der Waals surface area contributed by atoms with Crippen molar-refractivity contribution in [2.24, 2.45) is 10.9 Å². The average Bonchev–Trinajstić information content (AvgIpc) is 3.60. The van der Waals surface area contributed by atoms with Crippen molar-refractivity contribution in [1.29, 1.82) is 0 Å². The van der Waals surface area contributed by atoms with Crippen molar-refractivity contribution in [1.82, 2.24) is 9.97 Å². The van der Waals surface area contributed by atoms with Crippen LogP contribution < -0.4 is 10.5 Å². The summed E-state index contributed by atoms with van der Waals surface area (Å²) < 4.78 is 18.5. The van der Waals surface area contributed by atoms with Crippen molar-refractivity contribution in [3.63, 3.8) is 0 Å². The van der Waals surface area contributed by atoms with Gasteiger partial charge >= 0.3 is 0 Å². The number of benzene rings is 1. The Bertz CT molecular complexity index is 1090. The Morgan fingerprint density at radius 1 is 1.09 bits per heavy atom. The lowest BCUT2D eigenvalue weighted by molar-refractivity contribution is 0.171. The molecular weight excluding hydrogens is 423 g/mol. The summed E-state index contributed by atoms with van der Waals surface area (Å²) >= 11 is 0. The summed E-state index contributed by atoms with van der Waals surface area (Å²) in [6, 6.07) is 8.57. The SMILES string of the molecule is CC1(C)Oc2ncnc(N)c2N=C1c1ccc(C2CCC(CP(=O)(O)C3CC3)CC2)cc1. The third-order valence-electron chi connectivity index (χ3n) is 7.10. The number of aromatic nitrogens is 2. The molecule has 0 saturated heterocycles. The third kappa shape index (κ3) is 4.20. The van der Waals surface area contributed by atoms with Crippen molar-refractivity contribution in [3.05, 3.63) is 41.7 Å². The van der Waals surface area contributed by atoms with Crippen LogP contribution in [0.25, 0.3) is 0 Å². The summed E-state index contributed by atoms with van der Waals surface area (Å²) in [5.41, 5.74) is 9.05. The van der Waals surface area contributed by atoms with Crippen LogP contribution in [-0.2, 0) is 4.57 Å². The van der Waals surface area contributed by atoms with Crippen molar-refractivity contribution in [2.45, 2.75) is 69.6 Å². The van der Waals surface area contributed by atoms with E-state index in [0.29, 0.717) is 35.4 Å². The van der Waals surface area contributed by atoms with E-state index < -0.39 is 13.0 Å². The number of rotatable bonds is 5. The number of fused-ring (bicyclic) bond motifs is 1. The largest absolute Gasteiger partial charge is 0.463 e. The summed E-state index contributed by atoms with van der Waals surface area (Å²) in [7, 11) is -2.92. The van der Waals surface area contributed by atoms with Gasteiger partial charge in [0.15, 0.2) is 11.5 Å². The molecule has 0 bridgehead atoms. The maximum absolute atomic E-state index is 12.5. The smallest absolute Gasteiger partial charge is 0.246 e. The summed E-state index contributed by atoms with van der Waals surface area (Å²) in [6.45, 7) is 3.95. The molecule has 32 heavy (non-hydrogen) atoms. The first kappa shape index (κ1) is 21.6. The molecule has 2 heterocycles. The number of hydrogen-bond donors (Lipinski definition) is 2. The first-order valence-corrected chi connectivity index (χ1v) is 13.4. The van der Waals surface area contributed by atoms with Gasteiger partial charge in [-0.25, -0.2) is 9.98 Å². The molecule has 2 aliphatic carbocycles. The lowest BCUT2D eigenvalue weighted by Crippen LogP contribution is -2.41. The Morgan fingerprint density at radius 2 is 1.78 bits per heavy atom. The second-order valence-electron chi connectivity index (χ2n) is 9.99. The summed E-state index contributed by atoms with van der Waals surface area (Å²) in [4.78, 5) is 23.2. The van der Waals surface area contributed by atoms with Gasteiger partial charge in [-0.1, -0.05) is 24.3 Å². The lowest BCUT2D eigenvalue weighted by Gasteiger charge is -2.32. The van der Waals surface area contributed by atoms with E-state index in [1.165, 1.54) is 11.9 Å². The molecule has 3 N–H and O–H groups in total. The van der Waals surface area contributed by atoms with Crippen LogP contribution in [0, 0.1) is 5.92 Å². The third-order valence-corrected chi connectivity index (χ3v) is 9.80. The van der Waals surface area contributed by atoms with Crippen LogP contribution >= 0.6 is 7.37 Å². The summed E-state index contributed by atoms with van der Waals surface area (Å²) in [6.07, 6.45) is 8.01. The fourth-order valence-electron chi connectivity index (χ4n) is 5.09. The van der Waals surface area contributed by atoms with E-state index >= 15 is 0 Å². The number of aliphatic imine (C=N–C) groups is 1. The minimum absolute atomic E-state index is 0.0950. The van der Waals surface area contributed by atoms with E-state index in [1.54, 1.807) is 0 Å². The van der Waals surface area contributed by atoms with Gasteiger partial charge in [-0.2, -0.15) is 4.98 Å². The fraction of sp³-hybridized carbons (Fsp3) is 0.542.